The molecular formula is C15H15ClINO2. The summed E-state index contributed by atoms with van der Waals surface area (Å²) in [6.07, 6.45) is 0. The van der Waals surface area contributed by atoms with E-state index in [9.17, 15) is 5.11 Å². The van der Waals surface area contributed by atoms with E-state index in [1.54, 1.807) is 13.2 Å². The lowest BCUT2D eigenvalue weighted by atomic mass is 10.1. The number of anilines is 1. The van der Waals surface area contributed by atoms with Gasteiger partial charge >= 0.3 is 0 Å². The molecule has 0 heterocycles. The second-order valence-electron chi connectivity index (χ2n) is 4.42. The van der Waals surface area contributed by atoms with E-state index in [-0.39, 0.29) is 11.8 Å². The number of methoxy groups -OCH3 is 1. The van der Waals surface area contributed by atoms with Gasteiger partial charge in [0, 0.05) is 20.3 Å². The first-order chi connectivity index (χ1) is 9.51. The molecule has 0 saturated heterocycles. The minimum atomic E-state index is 0.0826. The normalized spacial score (nSPS) is 12.0. The largest absolute Gasteiger partial charge is 0.504 e. The first kappa shape index (κ1) is 15.3. The molecule has 2 aromatic carbocycles. The van der Waals surface area contributed by atoms with E-state index in [4.69, 9.17) is 16.3 Å². The summed E-state index contributed by atoms with van der Waals surface area (Å²) in [7, 11) is 1.54. The number of benzene rings is 2. The molecule has 20 heavy (non-hydrogen) atoms. The Morgan fingerprint density at radius 1 is 1.25 bits per heavy atom. The Morgan fingerprint density at radius 2 is 2.00 bits per heavy atom. The number of aromatic hydroxyl groups is 1. The van der Waals surface area contributed by atoms with Crippen molar-refractivity contribution in [2.24, 2.45) is 0 Å². The molecule has 0 aliphatic rings. The highest BCUT2D eigenvalue weighted by Gasteiger charge is 2.10. The average molecular weight is 404 g/mol. The minimum absolute atomic E-state index is 0.0826. The molecule has 0 amide bonds. The Kier molecular flexibility index (Phi) is 4.99. The summed E-state index contributed by atoms with van der Waals surface area (Å²) in [5.74, 6) is 0.617. The molecule has 106 valence electrons. The first-order valence-corrected chi connectivity index (χ1v) is 7.55. The predicted molar refractivity (Wildman–Crippen MR) is 90.9 cm³/mol. The number of rotatable bonds is 4. The van der Waals surface area contributed by atoms with Gasteiger partial charge in [-0.1, -0.05) is 17.7 Å². The van der Waals surface area contributed by atoms with Crippen LogP contribution in [0.2, 0.25) is 5.02 Å². The molecule has 1 atom stereocenters. The van der Waals surface area contributed by atoms with Crippen LogP contribution in [0.25, 0.3) is 0 Å². The standard InChI is InChI=1S/C15H15ClINO2/c1-9(10-3-6-14(19)15(7-10)20-2)18-13-5-4-11(16)8-12(13)17/h3-9,18-19H,1-2H3. The summed E-state index contributed by atoms with van der Waals surface area (Å²) in [6, 6.07) is 11.1. The zero-order valence-corrected chi connectivity index (χ0v) is 14.1. The van der Waals surface area contributed by atoms with E-state index in [2.05, 4.69) is 34.8 Å². The molecule has 0 bridgehead atoms. The molecule has 2 rings (SSSR count). The second kappa shape index (κ2) is 6.54. The van der Waals surface area contributed by atoms with Crippen molar-refractivity contribution in [1.82, 2.24) is 0 Å². The fourth-order valence-electron chi connectivity index (χ4n) is 1.89. The van der Waals surface area contributed by atoms with Crippen LogP contribution in [0.15, 0.2) is 36.4 Å². The highest BCUT2D eigenvalue weighted by molar-refractivity contribution is 14.1. The van der Waals surface area contributed by atoms with E-state index in [1.807, 2.05) is 30.3 Å². The number of ether oxygens (including phenoxy) is 1. The van der Waals surface area contributed by atoms with Gasteiger partial charge in [-0.15, -0.1) is 0 Å². The van der Waals surface area contributed by atoms with Gasteiger partial charge in [-0.2, -0.15) is 0 Å². The number of nitrogens with one attached hydrogen (secondary N) is 1. The zero-order valence-electron chi connectivity index (χ0n) is 11.2. The van der Waals surface area contributed by atoms with Crippen molar-refractivity contribution in [3.8, 4) is 11.5 Å². The van der Waals surface area contributed by atoms with E-state index >= 15 is 0 Å². The van der Waals surface area contributed by atoms with Gasteiger partial charge in [0.2, 0.25) is 0 Å². The summed E-state index contributed by atoms with van der Waals surface area (Å²) in [5, 5.41) is 13.8. The summed E-state index contributed by atoms with van der Waals surface area (Å²) in [5.41, 5.74) is 2.06. The number of hydrogen-bond donors (Lipinski definition) is 2. The Bertz CT molecular complexity index is 619. The fraction of sp³-hybridized carbons (Fsp3) is 0.200. The quantitative estimate of drug-likeness (QED) is 0.718. The van der Waals surface area contributed by atoms with Crippen molar-refractivity contribution < 1.29 is 9.84 Å². The predicted octanol–water partition coefficient (Wildman–Crippen LogP) is 4.83. The van der Waals surface area contributed by atoms with Crippen LogP contribution < -0.4 is 10.1 Å². The van der Waals surface area contributed by atoms with Gasteiger partial charge in [-0.25, -0.2) is 0 Å². The summed E-state index contributed by atoms with van der Waals surface area (Å²) in [4.78, 5) is 0. The molecule has 1 unspecified atom stereocenters. The van der Waals surface area contributed by atoms with Crippen LogP contribution in [0.5, 0.6) is 11.5 Å². The Labute approximate surface area is 137 Å². The van der Waals surface area contributed by atoms with Crippen LogP contribution in [-0.2, 0) is 0 Å². The van der Waals surface area contributed by atoms with Crippen molar-refractivity contribution in [2.75, 3.05) is 12.4 Å². The molecule has 0 aliphatic carbocycles. The van der Waals surface area contributed by atoms with Crippen molar-refractivity contribution in [1.29, 1.82) is 0 Å². The van der Waals surface area contributed by atoms with Gasteiger partial charge in [0.1, 0.15) is 0 Å². The molecule has 3 nitrogen and oxygen atoms in total. The van der Waals surface area contributed by atoms with E-state index < -0.39 is 0 Å². The Hall–Kier alpha value is -1.14. The molecule has 0 spiro atoms. The number of hydrogen-bond acceptors (Lipinski definition) is 3. The second-order valence-corrected chi connectivity index (χ2v) is 6.02. The van der Waals surface area contributed by atoms with E-state index in [0.717, 1.165) is 19.8 Å². The van der Waals surface area contributed by atoms with Crippen molar-refractivity contribution in [3.63, 3.8) is 0 Å². The molecule has 2 N–H and O–H groups in total. The monoisotopic (exact) mass is 403 g/mol. The highest BCUT2D eigenvalue weighted by Crippen LogP contribution is 2.31. The van der Waals surface area contributed by atoms with Crippen molar-refractivity contribution in [2.45, 2.75) is 13.0 Å². The van der Waals surface area contributed by atoms with E-state index in [1.165, 1.54) is 0 Å². The van der Waals surface area contributed by atoms with Crippen LogP contribution in [0.4, 0.5) is 5.69 Å². The molecule has 2 aromatic rings. The van der Waals surface area contributed by atoms with Gasteiger partial charge in [0.05, 0.1) is 7.11 Å². The maximum absolute atomic E-state index is 9.62. The van der Waals surface area contributed by atoms with E-state index in [0.29, 0.717) is 5.75 Å². The van der Waals surface area contributed by atoms with Gasteiger partial charge in [-0.3, -0.25) is 0 Å². The lowest BCUT2D eigenvalue weighted by Crippen LogP contribution is -2.07. The number of halogens is 2. The van der Waals surface area contributed by atoms with Crippen LogP contribution in [0.3, 0.4) is 0 Å². The van der Waals surface area contributed by atoms with Crippen LogP contribution in [-0.4, -0.2) is 12.2 Å². The van der Waals surface area contributed by atoms with Crippen LogP contribution in [0.1, 0.15) is 18.5 Å². The maximum atomic E-state index is 9.62. The Morgan fingerprint density at radius 3 is 2.65 bits per heavy atom. The third kappa shape index (κ3) is 3.49. The number of phenols is 1. The molecule has 0 fully saturated rings. The van der Waals surface area contributed by atoms with Crippen LogP contribution in [0, 0.1) is 3.57 Å². The average Bonchev–Trinajstić information content (AvgIpc) is 2.42. The highest BCUT2D eigenvalue weighted by atomic mass is 127. The first-order valence-electron chi connectivity index (χ1n) is 6.09. The zero-order chi connectivity index (χ0) is 14.7. The Balaban J connectivity index is 2.21. The lowest BCUT2D eigenvalue weighted by Gasteiger charge is -2.18. The fourth-order valence-corrected chi connectivity index (χ4v) is 2.91. The van der Waals surface area contributed by atoms with Crippen LogP contribution >= 0.6 is 34.2 Å². The van der Waals surface area contributed by atoms with Gasteiger partial charge in [0.25, 0.3) is 0 Å². The molecule has 0 aromatic heterocycles. The maximum Gasteiger partial charge on any atom is 0.160 e. The van der Waals surface area contributed by atoms with Gasteiger partial charge in [-0.05, 0) is 65.4 Å². The molecule has 0 saturated carbocycles. The third-order valence-electron chi connectivity index (χ3n) is 3.01. The molecule has 0 aliphatic heterocycles. The molecule has 0 radical (unpaired) electrons. The van der Waals surface area contributed by atoms with Gasteiger partial charge in [0.15, 0.2) is 11.5 Å². The number of phenolic OH excluding ortho intramolecular Hbond substituents is 1. The summed E-state index contributed by atoms with van der Waals surface area (Å²) < 4.78 is 6.19. The summed E-state index contributed by atoms with van der Waals surface area (Å²) >= 11 is 8.20. The topological polar surface area (TPSA) is 41.5 Å². The minimum Gasteiger partial charge on any atom is -0.504 e. The van der Waals surface area contributed by atoms with Crippen molar-refractivity contribution in [3.05, 3.63) is 50.6 Å². The van der Waals surface area contributed by atoms with Crippen molar-refractivity contribution >= 4 is 39.9 Å². The van der Waals surface area contributed by atoms with Gasteiger partial charge < -0.3 is 15.2 Å². The summed E-state index contributed by atoms with van der Waals surface area (Å²) in [6.45, 7) is 2.05. The molecular weight excluding hydrogens is 389 g/mol. The molecule has 5 heteroatoms. The smallest absolute Gasteiger partial charge is 0.160 e. The SMILES string of the molecule is COc1cc(C(C)Nc2ccc(Cl)cc2I)ccc1O. The third-order valence-corrected chi connectivity index (χ3v) is 4.13. The lowest BCUT2D eigenvalue weighted by molar-refractivity contribution is 0.373.